The van der Waals surface area contributed by atoms with E-state index < -0.39 is 0 Å². The number of hydrogen-bond donors (Lipinski definition) is 0. The molecular weight excluding hydrogens is 417 g/mol. The van der Waals surface area contributed by atoms with E-state index in [4.69, 9.17) is 5.26 Å². The molecule has 4 rings (SSSR count). The van der Waals surface area contributed by atoms with Gasteiger partial charge >= 0.3 is 0 Å². The molecule has 0 amide bonds. The largest absolute Gasteiger partial charge is 0.369 e. The van der Waals surface area contributed by atoms with Crippen LogP contribution in [0, 0.1) is 24.1 Å². The summed E-state index contributed by atoms with van der Waals surface area (Å²) in [7, 11) is 0. The Morgan fingerprint density at radius 1 is 1.13 bits per heavy atom. The lowest BCUT2D eigenvalue weighted by atomic mass is 10.1. The summed E-state index contributed by atoms with van der Waals surface area (Å²) >= 11 is 0. The molecular formula is C22H23ClFN7. The van der Waals surface area contributed by atoms with Gasteiger partial charge in [-0.05, 0) is 31.2 Å². The van der Waals surface area contributed by atoms with Crippen molar-refractivity contribution in [1.82, 2.24) is 24.6 Å². The number of hydrogen-bond acceptors (Lipinski definition) is 6. The molecule has 1 aliphatic heterocycles. The lowest BCUT2D eigenvalue weighted by Crippen LogP contribution is -2.46. The van der Waals surface area contributed by atoms with E-state index in [1.54, 1.807) is 29.2 Å². The molecule has 0 unspecified atom stereocenters. The maximum Gasteiger partial charge on any atom is 0.250 e. The number of nitrogens with zero attached hydrogens (tertiary/aromatic N) is 7. The number of anilines is 1. The van der Waals surface area contributed by atoms with Crippen LogP contribution in [0.15, 0.2) is 48.9 Å². The monoisotopic (exact) mass is 439 g/mol. The highest BCUT2D eigenvalue weighted by Crippen LogP contribution is 2.20. The van der Waals surface area contributed by atoms with Crippen molar-refractivity contribution in [2.75, 3.05) is 37.6 Å². The van der Waals surface area contributed by atoms with E-state index in [0.717, 1.165) is 49.7 Å². The Bertz CT molecular complexity index is 1080. The van der Waals surface area contributed by atoms with Crippen LogP contribution < -0.4 is 4.90 Å². The Labute approximate surface area is 186 Å². The minimum absolute atomic E-state index is 0. The Morgan fingerprint density at radius 2 is 1.87 bits per heavy atom. The summed E-state index contributed by atoms with van der Waals surface area (Å²) in [6, 6.07) is 8.29. The number of nitriles is 1. The number of halogens is 2. The quantitative estimate of drug-likeness (QED) is 0.607. The molecule has 7 nitrogen and oxygen atoms in total. The van der Waals surface area contributed by atoms with Crippen molar-refractivity contribution in [2.45, 2.75) is 6.92 Å². The lowest BCUT2D eigenvalue weighted by molar-refractivity contribution is 0.284. The molecule has 1 aliphatic rings. The molecule has 3 heterocycles. The summed E-state index contributed by atoms with van der Waals surface area (Å²) in [5, 5.41) is 13.4. The van der Waals surface area contributed by atoms with Crippen LogP contribution in [0.5, 0.6) is 0 Å². The first kappa shape index (κ1) is 22.4. The van der Waals surface area contributed by atoms with Gasteiger partial charge in [-0.3, -0.25) is 4.90 Å². The second-order valence-electron chi connectivity index (χ2n) is 7.15. The van der Waals surface area contributed by atoms with Gasteiger partial charge < -0.3 is 4.90 Å². The van der Waals surface area contributed by atoms with Gasteiger partial charge in [-0.1, -0.05) is 12.2 Å². The fourth-order valence-corrected chi connectivity index (χ4v) is 3.53. The summed E-state index contributed by atoms with van der Waals surface area (Å²) in [5.74, 6) is 0.189. The van der Waals surface area contributed by atoms with Gasteiger partial charge in [0, 0.05) is 56.4 Å². The van der Waals surface area contributed by atoms with Gasteiger partial charge in [0.2, 0.25) is 0 Å². The molecule has 1 saturated heterocycles. The van der Waals surface area contributed by atoms with Crippen molar-refractivity contribution in [3.63, 3.8) is 0 Å². The Hall–Kier alpha value is -3.28. The minimum atomic E-state index is -0.369. The van der Waals surface area contributed by atoms with Crippen LogP contribution in [0.1, 0.15) is 16.8 Å². The van der Waals surface area contributed by atoms with E-state index in [-0.39, 0.29) is 18.2 Å². The van der Waals surface area contributed by atoms with Crippen LogP contribution in [0.4, 0.5) is 10.1 Å². The molecule has 0 N–H and O–H groups in total. The zero-order valence-electron chi connectivity index (χ0n) is 17.1. The number of piperazine rings is 1. The molecule has 2 aromatic heterocycles. The molecule has 3 aromatic rings. The summed E-state index contributed by atoms with van der Waals surface area (Å²) in [6.45, 7) is 6.16. The van der Waals surface area contributed by atoms with Gasteiger partial charge in [0.1, 0.15) is 5.82 Å². The fraction of sp³-hybridized carbons (Fsp3) is 0.273. The highest BCUT2D eigenvalue weighted by Gasteiger charge is 2.17. The Morgan fingerprint density at radius 3 is 2.58 bits per heavy atom. The molecule has 0 spiro atoms. The van der Waals surface area contributed by atoms with Crippen LogP contribution in [-0.4, -0.2) is 57.4 Å². The minimum Gasteiger partial charge on any atom is -0.369 e. The van der Waals surface area contributed by atoms with E-state index in [9.17, 15) is 4.39 Å². The van der Waals surface area contributed by atoms with E-state index in [1.807, 2.05) is 19.2 Å². The van der Waals surface area contributed by atoms with Crippen molar-refractivity contribution < 1.29 is 4.39 Å². The lowest BCUT2D eigenvalue weighted by Gasteiger charge is -2.35. The van der Waals surface area contributed by atoms with E-state index in [0.29, 0.717) is 11.5 Å². The van der Waals surface area contributed by atoms with E-state index >= 15 is 0 Å². The zero-order valence-corrected chi connectivity index (χ0v) is 18.0. The first-order valence-corrected chi connectivity index (χ1v) is 9.80. The highest BCUT2D eigenvalue weighted by molar-refractivity contribution is 5.85. The number of benzene rings is 1. The molecule has 9 heteroatoms. The van der Waals surface area contributed by atoms with Gasteiger partial charge in [-0.25, -0.2) is 19.0 Å². The third-order valence-electron chi connectivity index (χ3n) is 5.20. The fourth-order valence-electron chi connectivity index (χ4n) is 3.53. The van der Waals surface area contributed by atoms with Crippen molar-refractivity contribution in [3.05, 3.63) is 71.6 Å². The van der Waals surface area contributed by atoms with Crippen LogP contribution in [0.3, 0.4) is 0 Å². The van der Waals surface area contributed by atoms with Crippen molar-refractivity contribution in [2.24, 2.45) is 0 Å². The first-order chi connectivity index (χ1) is 14.6. The number of aromatic nitrogens is 4. The first-order valence-electron chi connectivity index (χ1n) is 9.80. The summed E-state index contributed by atoms with van der Waals surface area (Å²) in [6.07, 6.45) is 9.41. The van der Waals surface area contributed by atoms with Crippen molar-refractivity contribution in [1.29, 1.82) is 5.26 Å². The van der Waals surface area contributed by atoms with Crippen molar-refractivity contribution in [3.8, 4) is 12.0 Å². The molecule has 1 fully saturated rings. The predicted octanol–water partition coefficient (Wildman–Crippen LogP) is 3.24. The van der Waals surface area contributed by atoms with E-state index in [1.165, 1.54) is 12.1 Å². The maximum atomic E-state index is 13.7. The van der Waals surface area contributed by atoms with Gasteiger partial charge in [-0.15, -0.1) is 12.4 Å². The standard InChI is InChI=1S/C22H22FN7.ClH/c1-17-19(16-27-30(17)22-25-5-3-6-26-22)4-2-7-28-8-10-29(11-9-28)21-13-18(15-24)12-20(23)14-21;/h2-6,12-14,16H,7-11H2,1H3;1H/b4-2+;. The summed E-state index contributed by atoms with van der Waals surface area (Å²) in [4.78, 5) is 12.9. The topological polar surface area (TPSA) is 73.9 Å². The third-order valence-corrected chi connectivity index (χ3v) is 5.20. The SMILES string of the molecule is Cc1c(/C=C/CN2CCN(c3cc(F)cc(C#N)c3)CC2)cnn1-c1ncccn1.Cl. The second-order valence-corrected chi connectivity index (χ2v) is 7.15. The van der Waals surface area contributed by atoms with Crippen LogP contribution in [0.2, 0.25) is 0 Å². The molecule has 0 radical (unpaired) electrons. The Balaban J connectivity index is 0.00000272. The van der Waals surface area contributed by atoms with Gasteiger partial charge in [0.25, 0.3) is 5.95 Å². The molecule has 0 bridgehead atoms. The Kier molecular flexibility index (Phi) is 7.34. The molecule has 0 atom stereocenters. The molecule has 0 aliphatic carbocycles. The third kappa shape index (κ3) is 5.26. The summed E-state index contributed by atoms with van der Waals surface area (Å²) < 4.78 is 15.4. The van der Waals surface area contributed by atoms with Crippen LogP contribution in [0.25, 0.3) is 12.0 Å². The van der Waals surface area contributed by atoms with Gasteiger partial charge in [0.05, 0.1) is 23.5 Å². The summed E-state index contributed by atoms with van der Waals surface area (Å²) in [5.41, 5.74) is 3.15. The number of rotatable bonds is 5. The normalized spacial score (nSPS) is 14.4. The molecule has 31 heavy (non-hydrogen) atoms. The van der Waals surface area contributed by atoms with Gasteiger partial charge in [0.15, 0.2) is 0 Å². The molecule has 160 valence electrons. The van der Waals surface area contributed by atoms with Crippen LogP contribution in [-0.2, 0) is 0 Å². The van der Waals surface area contributed by atoms with Crippen LogP contribution >= 0.6 is 12.4 Å². The molecule has 1 aromatic carbocycles. The average molecular weight is 440 g/mol. The van der Waals surface area contributed by atoms with Gasteiger partial charge in [-0.2, -0.15) is 10.4 Å². The zero-order chi connectivity index (χ0) is 20.9. The molecule has 0 saturated carbocycles. The predicted molar refractivity (Wildman–Crippen MR) is 120 cm³/mol. The second kappa shape index (κ2) is 10.2. The smallest absolute Gasteiger partial charge is 0.250 e. The highest BCUT2D eigenvalue weighted by atomic mass is 35.5. The average Bonchev–Trinajstić information content (AvgIpc) is 3.14. The van der Waals surface area contributed by atoms with Crippen molar-refractivity contribution >= 4 is 24.2 Å². The maximum absolute atomic E-state index is 13.7. The van der Waals surface area contributed by atoms with E-state index in [2.05, 4.69) is 37.0 Å².